The molecule has 1 fully saturated rings. The molecule has 3 N–H and O–H groups in total. The van der Waals surface area contributed by atoms with Crippen LogP contribution in [0.25, 0.3) is 10.6 Å². The van der Waals surface area contributed by atoms with Crippen molar-refractivity contribution in [2.45, 2.75) is 52.2 Å². The zero-order valence-corrected chi connectivity index (χ0v) is 21.1. The van der Waals surface area contributed by atoms with Crippen molar-refractivity contribution in [1.29, 1.82) is 0 Å². The molecule has 2 aromatic heterocycles. The fraction of sp³-hybridized carbons (Fsp3) is 0.565. The van der Waals surface area contributed by atoms with Crippen LogP contribution in [0.15, 0.2) is 12.3 Å². The molecule has 2 amide bonds. The van der Waals surface area contributed by atoms with Gasteiger partial charge < -0.3 is 25.4 Å². The minimum atomic E-state index is -0.387. The SMILES string of the molecule is CC(C)(C)[C@@H](CO)NC(=O)CN1Cc2sc(-c3nc(NC4CCOCC4)ncc3Cl)cc2C1=O. The number of aliphatic hydroxyl groups is 1. The number of carbonyl (C=O) groups is 2. The number of ether oxygens (including phenoxy) is 1. The minimum Gasteiger partial charge on any atom is -0.394 e. The van der Waals surface area contributed by atoms with Crippen LogP contribution < -0.4 is 10.6 Å². The van der Waals surface area contributed by atoms with Crippen molar-refractivity contribution in [2.75, 3.05) is 31.7 Å². The van der Waals surface area contributed by atoms with E-state index in [9.17, 15) is 14.7 Å². The molecule has 1 saturated heterocycles. The standard InChI is InChI=1S/C23H30ClN5O4S/c1-23(2,3)18(12-30)27-19(31)11-29-10-17-14(21(29)32)8-16(34-17)20-15(24)9-25-22(28-20)26-13-4-6-33-7-5-13/h8-9,13,18,30H,4-7,10-12H2,1-3H3,(H,27,31)(H,25,26,28)/t18-/m1/s1. The Bertz CT molecular complexity index is 1060. The van der Waals surface area contributed by atoms with Gasteiger partial charge in [0.05, 0.1) is 40.9 Å². The fourth-order valence-electron chi connectivity index (χ4n) is 3.97. The number of aliphatic hydroxyl groups excluding tert-OH is 1. The van der Waals surface area contributed by atoms with E-state index in [2.05, 4.69) is 20.6 Å². The van der Waals surface area contributed by atoms with Gasteiger partial charge in [0.2, 0.25) is 11.9 Å². The number of amides is 2. The van der Waals surface area contributed by atoms with Crippen molar-refractivity contribution in [3.63, 3.8) is 0 Å². The molecule has 2 aliphatic heterocycles. The predicted molar refractivity (Wildman–Crippen MR) is 131 cm³/mol. The predicted octanol–water partition coefficient (Wildman–Crippen LogP) is 2.93. The molecule has 0 bridgehead atoms. The van der Waals surface area contributed by atoms with E-state index in [1.54, 1.807) is 12.3 Å². The van der Waals surface area contributed by atoms with E-state index in [4.69, 9.17) is 16.3 Å². The van der Waals surface area contributed by atoms with Gasteiger partial charge in [0.15, 0.2) is 0 Å². The first-order valence-electron chi connectivity index (χ1n) is 11.3. The smallest absolute Gasteiger partial charge is 0.255 e. The summed E-state index contributed by atoms with van der Waals surface area (Å²) < 4.78 is 5.39. The Kier molecular flexibility index (Phi) is 7.42. The Hall–Kier alpha value is -2.27. The number of halogens is 1. The van der Waals surface area contributed by atoms with Gasteiger partial charge >= 0.3 is 0 Å². The molecule has 0 spiro atoms. The lowest BCUT2D eigenvalue weighted by Gasteiger charge is -2.30. The third-order valence-electron chi connectivity index (χ3n) is 6.09. The van der Waals surface area contributed by atoms with E-state index in [0.717, 1.165) is 22.6 Å². The van der Waals surface area contributed by atoms with Gasteiger partial charge in [-0.2, -0.15) is 0 Å². The lowest BCUT2D eigenvalue weighted by atomic mass is 9.87. The summed E-state index contributed by atoms with van der Waals surface area (Å²) in [6.07, 6.45) is 3.35. The van der Waals surface area contributed by atoms with Crippen LogP contribution in [-0.2, 0) is 16.1 Å². The zero-order valence-electron chi connectivity index (χ0n) is 19.6. The zero-order chi connectivity index (χ0) is 24.5. The van der Waals surface area contributed by atoms with Crippen LogP contribution in [0, 0.1) is 5.41 Å². The quantitative estimate of drug-likeness (QED) is 0.527. The summed E-state index contributed by atoms with van der Waals surface area (Å²) >= 11 is 7.84. The highest BCUT2D eigenvalue weighted by Gasteiger charge is 2.33. The Morgan fingerprint density at radius 3 is 2.76 bits per heavy atom. The van der Waals surface area contributed by atoms with E-state index in [1.807, 2.05) is 20.8 Å². The summed E-state index contributed by atoms with van der Waals surface area (Å²) in [6, 6.07) is 1.65. The van der Waals surface area contributed by atoms with Crippen molar-refractivity contribution < 1.29 is 19.4 Å². The molecule has 9 nitrogen and oxygen atoms in total. The average Bonchev–Trinajstić information content (AvgIpc) is 3.32. The Labute approximate surface area is 207 Å². The second kappa shape index (κ2) is 10.2. The second-order valence-corrected chi connectivity index (χ2v) is 11.2. The van der Waals surface area contributed by atoms with E-state index < -0.39 is 0 Å². The van der Waals surface area contributed by atoms with Crippen LogP contribution in [0.1, 0.15) is 48.8 Å². The highest BCUT2D eigenvalue weighted by atomic mass is 35.5. The van der Waals surface area contributed by atoms with Crippen molar-refractivity contribution in [1.82, 2.24) is 20.2 Å². The van der Waals surface area contributed by atoms with E-state index in [-0.39, 0.29) is 42.5 Å². The lowest BCUT2D eigenvalue weighted by molar-refractivity contribution is -0.123. The third kappa shape index (κ3) is 5.51. The number of anilines is 1. The van der Waals surface area contributed by atoms with Crippen LogP contribution in [0.2, 0.25) is 5.02 Å². The van der Waals surface area contributed by atoms with Gasteiger partial charge in [0, 0.05) is 24.1 Å². The second-order valence-electron chi connectivity index (χ2n) is 9.70. The molecule has 0 radical (unpaired) electrons. The maximum absolute atomic E-state index is 13.0. The van der Waals surface area contributed by atoms with Crippen molar-refractivity contribution in [2.24, 2.45) is 5.41 Å². The highest BCUT2D eigenvalue weighted by molar-refractivity contribution is 7.16. The number of fused-ring (bicyclic) bond motifs is 1. The first-order chi connectivity index (χ1) is 16.2. The van der Waals surface area contributed by atoms with E-state index in [0.29, 0.717) is 42.0 Å². The number of rotatable bonds is 7. The monoisotopic (exact) mass is 507 g/mol. The highest BCUT2D eigenvalue weighted by Crippen LogP contribution is 2.38. The van der Waals surface area contributed by atoms with Crippen LogP contribution in [0.4, 0.5) is 5.95 Å². The van der Waals surface area contributed by atoms with Crippen LogP contribution in [0.3, 0.4) is 0 Å². The number of aromatic nitrogens is 2. The number of hydrogen-bond donors (Lipinski definition) is 3. The third-order valence-corrected chi connectivity index (χ3v) is 7.49. The van der Waals surface area contributed by atoms with Gasteiger partial charge in [0.25, 0.3) is 5.91 Å². The van der Waals surface area contributed by atoms with Crippen LogP contribution in [-0.4, -0.2) is 70.2 Å². The number of nitrogens with zero attached hydrogens (tertiary/aromatic N) is 3. The molecule has 4 heterocycles. The molecule has 0 aliphatic carbocycles. The van der Waals surface area contributed by atoms with Gasteiger partial charge in [-0.1, -0.05) is 32.4 Å². The molecule has 184 valence electrons. The van der Waals surface area contributed by atoms with Crippen molar-refractivity contribution >= 4 is 40.7 Å². The number of hydrogen-bond acceptors (Lipinski definition) is 8. The maximum atomic E-state index is 13.0. The molecule has 2 aromatic rings. The average molecular weight is 508 g/mol. The molecular formula is C23H30ClN5O4S. The van der Waals surface area contributed by atoms with Gasteiger partial charge in [-0.3, -0.25) is 9.59 Å². The Balaban J connectivity index is 1.44. The normalized spacial score (nSPS) is 17.6. The van der Waals surface area contributed by atoms with E-state index in [1.165, 1.54) is 16.2 Å². The summed E-state index contributed by atoms with van der Waals surface area (Å²) in [7, 11) is 0. The maximum Gasteiger partial charge on any atom is 0.255 e. The summed E-state index contributed by atoms with van der Waals surface area (Å²) in [4.78, 5) is 37.5. The number of nitrogens with one attached hydrogen (secondary N) is 2. The van der Waals surface area contributed by atoms with Gasteiger partial charge in [-0.15, -0.1) is 11.3 Å². The van der Waals surface area contributed by atoms with Gasteiger partial charge in [-0.05, 0) is 24.3 Å². The number of thiophene rings is 1. The molecule has 11 heteroatoms. The summed E-state index contributed by atoms with van der Waals surface area (Å²) in [5.74, 6) is 0.0110. The molecular weight excluding hydrogens is 478 g/mol. The summed E-state index contributed by atoms with van der Waals surface area (Å²) in [6.45, 7) is 7.37. The van der Waals surface area contributed by atoms with Gasteiger partial charge in [0.1, 0.15) is 12.2 Å². The summed E-state index contributed by atoms with van der Waals surface area (Å²) in [5, 5.41) is 16.2. The van der Waals surface area contributed by atoms with Crippen LogP contribution >= 0.6 is 22.9 Å². The minimum absolute atomic E-state index is 0.0599. The molecule has 0 saturated carbocycles. The topological polar surface area (TPSA) is 117 Å². The molecule has 0 unspecified atom stereocenters. The number of carbonyl (C=O) groups excluding carboxylic acids is 2. The summed E-state index contributed by atoms with van der Waals surface area (Å²) in [5.41, 5.74) is 0.858. The van der Waals surface area contributed by atoms with Crippen LogP contribution in [0.5, 0.6) is 0 Å². The van der Waals surface area contributed by atoms with E-state index >= 15 is 0 Å². The molecule has 0 aromatic carbocycles. The van der Waals surface area contributed by atoms with Gasteiger partial charge in [-0.25, -0.2) is 9.97 Å². The molecule has 34 heavy (non-hydrogen) atoms. The molecule has 4 rings (SSSR count). The van der Waals surface area contributed by atoms with Crippen molar-refractivity contribution in [3.05, 3.63) is 27.7 Å². The van der Waals surface area contributed by atoms with Crippen molar-refractivity contribution in [3.8, 4) is 10.6 Å². The Morgan fingerprint density at radius 2 is 2.12 bits per heavy atom. The fourth-order valence-corrected chi connectivity index (χ4v) is 5.39. The molecule has 1 atom stereocenters. The largest absolute Gasteiger partial charge is 0.394 e. The molecule has 2 aliphatic rings. The Morgan fingerprint density at radius 1 is 1.38 bits per heavy atom. The first-order valence-corrected chi connectivity index (χ1v) is 12.5. The first kappa shape index (κ1) is 24.8. The lowest BCUT2D eigenvalue weighted by Crippen LogP contribution is -2.49.